The maximum atomic E-state index is 12.2. The molecule has 0 bridgehead atoms. The van der Waals surface area contributed by atoms with Gasteiger partial charge in [-0.2, -0.15) is 0 Å². The van der Waals surface area contributed by atoms with Crippen LogP contribution in [0.5, 0.6) is 0 Å². The van der Waals surface area contributed by atoms with E-state index in [0.717, 1.165) is 12.3 Å². The average molecular weight is 295 g/mol. The van der Waals surface area contributed by atoms with Crippen LogP contribution in [0.3, 0.4) is 0 Å². The summed E-state index contributed by atoms with van der Waals surface area (Å²) in [5.74, 6) is 0.875. The lowest BCUT2D eigenvalue weighted by atomic mass is 9.77. The molecule has 2 aliphatic rings. The summed E-state index contributed by atoms with van der Waals surface area (Å²) in [5, 5.41) is 9.26. The van der Waals surface area contributed by atoms with Crippen molar-refractivity contribution in [2.24, 2.45) is 11.8 Å². The highest BCUT2D eigenvalue weighted by Crippen LogP contribution is 2.32. The molecule has 0 aromatic carbocycles. The zero-order valence-electron chi connectivity index (χ0n) is 13.3. The van der Waals surface area contributed by atoms with Gasteiger partial charge in [0.05, 0.1) is 6.04 Å². The number of rotatable bonds is 5. The van der Waals surface area contributed by atoms with Crippen LogP contribution < -0.4 is 16.0 Å². The molecule has 0 aromatic rings. The Morgan fingerprint density at radius 2 is 1.76 bits per heavy atom. The summed E-state index contributed by atoms with van der Waals surface area (Å²) in [6.45, 7) is 4.73. The van der Waals surface area contributed by atoms with Crippen LogP contribution in [0.4, 0.5) is 0 Å². The molecule has 2 fully saturated rings. The van der Waals surface area contributed by atoms with E-state index in [9.17, 15) is 9.59 Å². The van der Waals surface area contributed by atoms with E-state index in [2.05, 4.69) is 16.0 Å². The zero-order chi connectivity index (χ0) is 15.2. The highest BCUT2D eigenvalue weighted by molar-refractivity contribution is 5.82. The Bertz CT molecular complexity index is 371. The highest BCUT2D eigenvalue weighted by Gasteiger charge is 2.34. The van der Waals surface area contributed by atoms with E-state index in [1.807, 2.05) is 13.8 Å². The van der Waals surface area contributed by atoms with E-state index < -0.39 is 0 Å². The summed E-state index contributed by atoms with van der Waals surface area (Å²) >= 11 is 0. The molecule has 3 N–H and O–H groups in total. The molecular formula is C16H29N3O2. The van der Waals surface area contributed by atoms with Gasteiger partial charge in [0.25, 0.3) is 0 Å². The van der Waals surface area contributed by atoms with E-state index in [4.69, 9.17) is 0 Å². The number of hydrogen-bond donors (Lipinski definition) is 3. The first-order chi connectivity index (χ1) is 10.1. The van der Waals surface area contributed by atoms with Gasteiger partial charge >= 0.3 is 0 Å². The topological polar surface area (TPSA) is 70.2 Å². The lowest BCUT2D eigenvalue weighted by Gasteiger charge is -2.39. The van der Waals surface area contributed by atoms with Crippen molar-refractivity contribution in [3.63, 3.8) is 0 Å². The third-order valence-corrected chi connectivity index (χ3v) is 4.71. The van der Waals surface area contributed by atoms with Crippen molar-refractivity contribution >= 4 is 11.8 Å². The monoisotopic (exact) mass is 295 g/mol. The van der Waals surface area contributed by atoms with Gasteiger partial charge in [0, 0.05) is 25.0 Å². The Balaban J connectivity index is 1.65. The van der Waals surface area contributed by atoms with Crippen molar-refractivity contribution in [1.29, 1.82) is 0 Å². The fourth-order valence-electron chi connectivity index (χ4n) is 3.40. The van der Waals surface area contributed by atoms with E-state index in [-0.39, 0.29) is 23.8 Å². The van der Waals surface area contributed by atoms with E-state index in [0.29, 0.717) is 19.1 Å². The predicted molar refractivity (Wildman–Crippen MR) is 82.8 cm³/mol. The molecule has 1 saturated heterocycles. The standard InChI is InChI=1S/C16H29N3O2/c1-11(2)15(20)17-9-10-18-16(21)14-8-7-12-5-3-4-6-13(12)19-14/h11-14,19H,3-10H2,1-2H3,(H,17,20)(H,18,21). The van der Waals surface area contributed by atoms with Gasteiger partial charge in [-0.05, 0) is 31.6 Å². The van der Waals surface area contributed by atoms with Crippen LogP contribution in [0.1, 0.15) is 52.4 Å². The smallest absolute Gasteiger partial charge is 0.237 e. The fourth-order valence-corrected chi connectivity index (χ4v) is 3.40. The SMILES string of the molecule is CC(C)C(=O)NCCNC(=O)C1CCC2CCCCC2N1. The van der Waals surface area contributed by atoms with Crippen molar-refractivity contribution in [3.05, 3.63) is 0 Å². The van der Waals surface area contributed by atoms with Crippen LogP contribution in [0.2, 0.25) is 0 Å². The van der Waals surface area contributed by atoms with Gasteiger partial charge in [-0.3, -0.25) is 9.59 Å². The quantitative estimate of drug-likeness (QED) is 0.667. The Morgan fingerprint density at radius 1 is 1.05 bits per heavy atom. The Kier molecular flexibility index (Phi) is 6.03. The van der Waals surface area contributed by atoms with Crippen molar-refractivity contribution in [2.45, 2.75) is 64.5 Å². The third-order valence-electron chi connectivity index (χ3n) is 4.71. The van der Waals surface area contributed by atoms with Crippen LogP contribution in [0.25, 0.3) is 0 Å². The molecule has 1 aliphatic heterocycles. The number of piperidine rings is 1. The van der Waals surface area contributed by atoms with Crippen molar-refractivity contribution < 1.29 is 9.59 Å². The van der Waals surface area contributed by atoms with Gasteiger partial charge in [0.1, 0.15) is 0 Å². The molecule has 1 saturated carbocycles. The number of hydrogen-bond acceptors (Lipinski definition) is 3. The molecule has 21 heavy (non-hydrogen) atoms. The Morgan fingerprint density at radius 3 is 2.52 bits per heavy atom. The minimum Gasteiger partial charge on any atom is -0.354 e. The first kappa shape index (κ1) is 16.3. The molecule has 0 radical (unpaired) electrons. The van der Waals surface area contributed by atoms with Crippen LogP contribution in [-0.4, -0.2) is 37.0 Å². The zero-order valence-corrected chi connectivity index (χ0v) is 13.3. The summed E-state index contributed by atoms with van der Waals surface area (Å²) in [4.78, 5) is 23.6. The van der Waals surface area contributed by atoms with Crippen molar-refractivity contribution in [1.82, 2.24) is 16.0 Å². The first-order valence-corrected chi connectivity index (χ1v) is 8.39. The Hall–Kier alpha value is -1.10. The lowest BCUT2D eigenvalue weighted by Crippen LogP contribution is -2.55. The summed E-state index contributed by atoms with van der Waals surface area (Å²) in [5.41, 5.74) is 0. The molecule has 1 aliphatic carbocycles. The second kappa shape index (κ2) is 7.78. The minimum atomic E-state index is -0.0508. The van der Waals surface area contributed by atoms with Crippen LogP contribution in [-0.2, 0) is 9.59 Å². The van der Waals surface area contributed by atoms with Gasteiger partial charge in [-0.15, -0.1) is 0 Å². The second-order valence-corrected chi connectivity index (χ2v) is 6.68. The van der Waals surface area contributed by atoms with E-state index in [1.165, 1.54) is 32.1 Å². The molecule has 0 aromatic heterocycles. The van der Waals surface area contributed by atoms with Gasteiger partial charge in [-0.25, -0.2) is 0 Å². The molecular weight excluding hydrogens is 266 g/mol. The fraction of sp³-hybridized carbons (Fsp3) is 0.875. The number of carbonyl (C=O) groups is 2. The molecule has 120 valence electrons. The molecule has 2 amide bonds. The van der Waals surface area contributed by atoms with Gasteiger partial charge < -0.3 is 16.0 Å². The minimum absolute atomic E-state index is 0.0102. The Labute approximate surface area is 127 Å². The molecule has 3 atom stereocenters. The molecule has 5 heteroatoms. The maximum Gasteiger partial charge on any atom is 0.237 e. The summed E-state index contributed by atoms with van der Waals surface area (Å²) in [7, 11) is 0. The molecule has 1 heterocycles. The van der Waals surface area contributed by atoms with Crippen LogP contribution >= 0.6 is 0 Å². The maximum absolute atomic E-state index is 12.2. The molecule has 2 rings (SSSR count). The van der Waals surface area contributed by atoms with E-state index in [1.54, 1.807) is 0 Å². The average Bonchev–Trinajstić information content (AvgIpc) is 2.50. The largest absolute Gasteiger partial charge is 0.354 e. The molecule has 5 nitrogen and oxygen atoms in total. The summed E-state index contributed by atoms with van der Waals surface area (Å²) in [6.07, 6.45) is 7.25. The second-order valence-electron chi connectivity index (χ2n) is 6.68. The van der Waals surface area contributed by atoms with Gasteiger partial charge in [0.2, 0.25) is 11.8 Å². The van der Waals surface area contributed by atoms with Crippen LogP contribution in [0.15, 0.2) is 0 Å². The normalized spacial score (nSPS) is 28.8. The summed E-state index contributed by atoms with van der Waals surface area (Å²) in [6, 6.07) is 0.481. The molecule has 3 unspecified atom stereocenters. The summed E-state index contributed by atoms with van der Waals surface area (Å²) < 4.78 is 0. The predicted octanol–water partition coefficient (Wildman–Crippen LogP) is 1.19. The first-order valence-electron chi connectivity index (χ1n) is 8.39. The van der Waals surface area contributed by atoms with E-state index >= 15 is 0 Å². The highest BCUT2D eigenvalue weighted by atomic mass is 16.2. The van der Waals surface area contributed by atoms with Gasteiger partial charge in [0.15, 0.2) is 0 Å². The number of fused-ring (bicyclic) bond motifs is 1. The van der Waals surface area contributed by atoms with Crippen molar-refractivity contribution in [2.75, 3.05) is 13.1 Å². The number of nitrogens with one attached hydrogen (secondary N) is 3. The van der Waals surface area contributed by atoms with Crippen LogP contribution in [0, 0.1) is 11.8 Å². The number of amides is 2. The number of carbonyl (C=O) groups excluding carboxylic acids is 2. The van der Waals surface area contributed by atoms with Crippen molar-refractivity contribution in [3.8, 4) is 0 Å². The van der Waals surface area contributed by atoms with Gasteiger partial charge in [-0.1, -0.05) is 26.7 Å². The third kappa shape index (κ3) is 4.70. The molecule has 0 spiro atoms. The lowest BCUT2D eigenvalue weighted by molar-refractivity contribution is -0.126.